The second kappa shape index (κ2) is 7.33. The predicted molar refractivity (Wildman–Crippen MR) is 97.7 cm³/mol. The van der Waals surface area contributed by atoms with Crippen LogP contribution in [-0.4, -0.2) is 66.5 Å². The van der Waals surface area contributed by atoms with Gasteiger partial charge in [0.05, 0.1) is 5.75 Å². The number of benzene rings is 1. The van der Waals surface area contributed by atoms with Gasteiger partial charge >= 0.3 is 6.03 Å². The molecule has 1 aromatic rings. The maximum absolute atomic E-state index is 12.7. The first kappa shape index (κ1) is 18.2. The Morgan fingerprint density at radius 3 is 2.28 bits per heavy atom. The van der Waals surface area contributed by atoms with E-state index in [9.17, 15) is 13.2 Å². The van der Waals surface area contributed by atoms with Crippen molar-refractivity contribution in [3.05, 3.63) is 35.4 Å². The van der Waals surface area contributed by atoms with Crippen LogP contribution < -0.4 is 0 Å². The van der Waals surface area contributed by atoms with E-state index in [1.807, 2.05) is 9.80 Å². The summed E-state index contributed by atoms with van der Waals surface area (Å²) in [5.74, 6) is 0.143. The van der Waals surface area contributed by atoms with Crippen LogP contribution in [0.1, 0.15) is 30.9 Å². The summed E-state index contributed by atoms with van der Waals surface area (Å²) < 4.78 is 25.5. The van der Waals surface area contributed by atoms with Crippen molar-refractivity contribution in [3.8, 4) is 0 Å². The van der Waals surface area contributed by atoms with E-state index in [1.54, 1.807) is 11.2 Å². The van der Waals surface area contributed by atoms with Gasteiger partial charge in [-0.3, -0.25) is 0 Å². The van der Waals surface area contributed by atoms with Crippen molar-refractivity contribution in [1.29, 1.82) is 0 Å². The number of aryl methyl sites for hydroxylation is 1. The summed E-state index contributed by atoms with van der Waals surface area (Å²) in [7, 11) is -3.12. The van der Waals surface area contributed by atoms with Gasteiger partial charge in [-0.1, -0.05) is 29.8 Å². The number of piperidine rings is 1. The molecule has 2 aliphatic rings. The topological polar surface area (TPSA) is 60.9 Å². The van der Waals surface area contributed by atoms with Crippen LogP contribution in [0.4, 0.5) is 4.79 Å². The van der Waals surface area contributed by atoms with E-state index in [4.69, 9.17) is 0 Å². The number of carbonyl (C=O) groups is 1. The van der Waals surface area contributed by atoms with Crippen LogP contribution in [0.2, 0.25) is 0 Å². The van der Waals surface area contributed by atoms with Gasteiger partial charge in [0.2, 0.25) is 10.0 Å². The minimum Gasteiger partial charge on any atom is -0.320 e. The third-order valence-electron chi connectivity index (χ3n) is 5.24. The molecule has 2 heterocycles. The molecule has 0 spiro atoms. The second-order valence-electron chi connectivity index (χ2n) is 6.91. The average molecular weight is 365 g/mol. The molecule has 2 saturated heterocycles. The summed E-state index contributed by atoms with van der Waals surface area (Å²) in [6.07, 6.45) is 1.45. The SMILES string of the molecule is CCS(=O)(=O)N1CCC(N2CCN(Cc3ccc(C)cc3)C2=O)CC1. The molecule has 6 nitrogen and oxygen atoms in total. The van der Waals surface area contributed by atoms with Gasteiger partial charge < -0.3 is 9.80 Å². The smallest absolute Gasteiger partial charge is 0.320 e. The first-order valence-electron chi connectivity index (χ1n) is 8.99. The van der Waals surface area contributed by atoms with Crippen molar-refractivity contribution in [2.75, 3.05) is 31.9 Å². The van der Waals surface area contributed by atoms with Crippen molar-refractivity contribution in [1.82, 2.24) is 14.1 Å². The van der Waals surface area contributed by atoms with Crippen molar-refractivity contribution in [2.24, 2.45) is 0 Å². The largest absolute Gasteiger partial charge is 0.320 e. The summed E-state index contributed by atoms with van der Waals surface area (Å²) in [6, 6.07) is 8.50. The van der Waals surface area contributed by atoms with Crippen LogP contribution >= 0.6 is 0 Å². The quantitative estimate of drug-likeness (QED) is 0.802. The van der Waals surface area contributed by atoms with Gasteiger partial charge in [0.1, 0.15) is 0 Å². The Bertz CT molecular complexity index is 710. The van der Waals surface area contributed by atoms with E-state index in [2.05, 4.69) is 31.2 Å². The van der Waals surface area contributed by atoms with E-state index in [0.717, 1.165) is 31.5 Å². The second-order valence-corrected chi connectivity index (χ2v) is 9.17. The number of amides is 2. The summed E-state index contributed by atoms with van der Waals surface area (Å²) in [5, 5.41) is 0. The zero-order chi connectivity index (χ0) is 18.0. The van der Waals surface area contributed by atoms with Crippen molar-refractivity contribution in [3.63, 3.8) is 0 Å². The van der Waals surface area contributed by atoms with Gasteiger partial charge in [-0.15, -0.1) is 0 Å². The maximum atomic E-state index is 12.7. The molecule has 0 N–H and O–H groups in total. The van der Waals surface area contributed by atoms with Gasteiger partial charge in [0.25, 0.3) is 0 Å². The van der Waals surface area contributed by atoms with Crippen molar-refractivity contribution in [2.45, 2.75) is 39.3 Å². The molecule has 0 radical (unpaired) electrons. The molecule has 0 atom stereocenters. The number of hydrogen-bond donors (Lipinski definition) is 0. The highest BCUT2D eigenvalue weighted by atomic mass is 32.2. The number of urea groups is 1. The van der Waals surface area contributed by atoms with Crippen LogP contribution in [0.15, 0.2) is 24.3 Å². The molecule has 138 valence electrons. The Kier molecular flexibility index (Phi) is 5.34. The molecular weight excluding hydrogens is 338 g/mol. The number of carbonyl (C=O) groups excluding carboxylic acids is 1. The van der Waals surface area contributed by atoms with Crippen LogP contribution in [0.25, 0.3) is 0 Å². The fourth-order valence-electron chi connectivity index (χ4n) is 3.62. The first-order valence-corrected chi connectivity index (χ1v) is 10.6. The summed E-state index contributed by atoms with van der Waals surface area (Å²) in [4.78, 5) is 16.6. The number of sulfonamides is 1. The van der Waals surface area contributed by atoms with E-state index < -0.39 is 10.0 Å². The van der Waals surface area contributed by atoms with E-state index >= 15 is 0 Å². The Labute approximate surface area is 150 Å². The van der Waals surface area contributed by atoms with Crippen LogP contribution in [-0.2, 0) is 16.6 Å². The molecule has 0 bridgehead atoms. The Hall–Kier alpha value is -1.60. The molecule has 0 aliphatic carbocycles. The summed E-state index contributed by atoms with van der Waals surface area (Å²) in [6.45, 7) is 6.87. The zero-order valence-corrected chi connectivity index (χ0v) is 15.8. The van der Waals surface area contributed by atoms with Gasteiger partial charge in [0.15, 0.2) is 0 Å². The lowest BCUT2D eigenvalue weighted by atomic mass is 10.1. The molecule has 2 aliphatic heterocycles. The fourth-order valence-corrected chi connectivity index (χ4v) is 4.75. The van der Waals surface area contributed by atoms with Crippen LogP contribution in [0.3, 0.4) is 0 Å². The highest BCUT2D eigenvalue weighted by Gasteiger charge is 2.36. The van der Waals surface area contributed by atoms with Gasteiger partial charge in [-0.05, 0) is 32.3 Å². The predicted octanol–water partition coefficient (Wildman–Crippen LogP) is 2.05. The molecule has 0 aromatic heterocycles. The van der Waals surface area contributed by atoms with Gasteiger partial charge in [-0.2, -0.15) is 0 Å². The molecule has 1 aromatic carbocycles. The minimum atomic E-state index is -3.12. The molecule has 2 fully saturated rings. The third-order valence-corrected chi connectivity index (χ3v) is 7.13. The zero-order valence-electron chi connectivity index (χ0n) is 15.0. The highest BCUT2D eigenvalue weighted by Crippen LogP contribution is 2.24. The molecule has 2 amide bonds. The van der Waals surface area contributed by atoms with E-state index in [1.165, 1.54) is 5.56 Å². The lowest BCUT2D eigenvalue weighted by molar-refractivity contribution is 0.153. The Balaban J connectivity index is 1.57. The highest BCUT2D eigenvalue weighted by molar-refractivity contribution is 7.89. The molecular formula is C18H27N3O3S. The standard InChI is InChI=1S/C18H27N3O3S/c1-3-25(23,24)20-10-8-17(9-11-20)21-13-12-19(18(21)22)14-16-6-4-15(2)5-7-16/h4-7,17H,3,8-14H2,1-2H3. The van der Waals surface area contributed by atoms with Crippen molar-refractivity contribution >= 4 is 16.1 Å². The third kappa shape index (κ3) is 3.98. The Morgan fingerprint density at radius 1 is 1.04 bits per heavy atom. The molecule has 0 unspecified atom stereocenters. The van der Waals surface area contributed by atoms with E-state index in [0.29, 0.717) is 19.6 Å². The van der Waals surface area contributed by atoms with Gasteiger partial charge in [-0.25, -0.2) is 17.5 Å². The molecule has 3 rings (SSSR count). The fraction of sp³-hybridized carbons (Fsp3) is 0.611. The minimum absolute atomic E-state index is 0.0809. The normalized spacial score (nSPS) is 20.5. The summed E-state index contributed by atoms with van der Waals surface area (Å²) in [5.41, 5.74) is 2.36. The summed E-state index contributed by atoms with van der Waals surface area (Å²) >= 11 is 0. The number of nitrogens with zero attached hydrogens (tertiary/aromatic N) is 3. The Morgan fingerprint density at radius 2 is 1.68 bits per heavy atom. The number of rotatable bonds is 5. The van der Waals surface area contributed by atoms with Gasteiger partial charge in [0, 0.05) is 38.8 Å². The lowest BCUT2D eigenvalue weighted by Gasteiger charge is -2.35. The molecule has 0 saturated carbocycles. The monoisotopic (exact) mass is 365 g/mol. The van der Waals surface area contributed by atoms with Crippen LogP contribution in [0, 0.1) is 6.92 Å². The average Bonchev–Trinajstić information content (AvgIpc) is 2.98. The maximum Gasteiger partial charge on any atom is 0.320 e. The molecule has 25 heavy (non-hydrogen) atoms. The lowest BCUT2D eigenvalue weighted by Crippen LogP contribution is -2.48. The molecule has 7 heteroatoms. The first-order chi connectivity index (χ1) is 11.9. The van der Waals surface area contributed by atoms with E-state index in [-0.39, 0.29) is 17.8 Å². The van der Waals surface area contributed by atoms with Crippen LogP contribution in [0.5, 0.6) is 0 Å². The number of hydrogen-bond acceptors (Lipinski definition) is 3. The van der Waals surface area contributed by atoms with Crippen molar-refractivity contribution < 1.29 is 13.2 Å².